The molecule has 2 aromatic rings. The van der Waals surface area contributed by atoms with Crippen LogP contribution in [0.4, 0.5) is 5.82 Å². The minimum Gasteiger partial charge on any atom is -0.478 e. The van der Waals surface area contributed by atoms with E-state index >= 15 is 0 Å². The lowest BCUT2D eigenvalue weighted by atomic mass is 10.2. The summed E-state index contributed by atoms with van der Waals surface area (Å²) in [7, 11) is 1.86. The molecular weight excluding hydrogens is 264 g/mol. The summed E-state index contributed by atoms with van der Waals surface area (Å²) in [5.41, 5.74) is 1.31. The number of pyridine rings is 1. The third kappa shape index (κ3) is 3.45. The summed E-state index contributed by atoms with van der Waals surface area (Å²) in [6.07, 6.45) is 1.50. The molecular formula is C14H13ClN2O2. The maximum Gasteiger partial charge on any atom is 0.335 e. The van der Waals surface area contributed by atoms with Gasteiger partial charge in [0, 0.05) is 24.8 Å². The van der Waals surface area contributed by atoms with Crippen LogP contribution in [-0.2, 0) is 6.54 Å². The molecule has 0 fully saturated rings. The van der Waals surface area contributed by atoms with Gasteiger partial charge >= 0.3 is 5.97 Å². The number of nitrogens with zero attached hydrogens (tertiary/aromatic N) is 2. The van der Waals surface area contributed by atoms with Crippen molar-refractivity contribution in [2.24, 2.45) is 0 Å². The van der Waals surface area contributed by atoms with E-state index in [4.69, 9.17) is 16.7 Å². The Labute approximate surface area is 116 Å². The first kappa shape index (κ1) is 13.4. The van der Waals surface area contributed by atoms with E-state index in [1.54, 1.807) is 6.07 Å². The highest BCUT2D eigenvalue weighted by Gasteiger charge is 2.08. The Balaban J connectivity index is 2.15. The van der Waals surface area contributed by atoms with Crippen LogP contribution < -0.4 is 4.90 Å². The topological polar surface area (TPSA) is 53.4 Å². The van der Waals surface area contributed by atoms with Crippen LogP contribution in [0.15, 0.2) is 42.6 Å². The van der Waals surface area contributed by atoms with E-state index in [9.17, 15) is 4.79 Å². The molecule has 0 saturated carbocycles. The van der Waals surface area contributed by atoms with Gasteiger partial charge in [0.05, 0.1) is 5.56 Å². The minimum absolute atomic E-state index is 0.230. The fourth-order valence-electron chi connectivity index (χ4n) is 1.70. The average Bonchev–Trinajstić information content (AvgIpc) is 2.41. The van der Waals surface area contributed by atoms with Gasteiger partial charge in [-0.15, -0.1) is 0 Å². The molecule has 0 aliphatic carbocycles. The van der Waals surface area contributed by atoms with Crippen molar-refractivity contribution < 1.29 is 9.90 Å². The second-order valence-corrected chi connectivity index (χ2v) is 4.63. The van der Waals surface area contributed by atoms with E-state index in [1.807, 2.05) is 36.2 Å². The summed E-state index contributed by atoms with van der Waals surface area (Å²) < 4.78 is 0. The standard InChI is InChI=1S/C14H13ClN2O2/c1-17(9-10-2-4-12(15)5-3-10)13-8-11(14(18)19)6-7-16-13/h2-8H,9H2,1H3,(H,18,19). The Morgan fingerprint density at radius 3 is 2.63 bits per heavy atom. The molecule has 0 bridgehead atoms. The summed E-state index contributed by atoms with van der Waals surface area (Å²) in [5, 5.41) is 9.64. The molecule has 0 aliphatic rings. The molecule has 1 aromatic heterocycles. The van der Waals surface area contributed by atoms with Crippen LogP contribution in [0.3, 0.4) is 0 Å². The maximum absolute atomic E-state index is 10.9. The third-order valence-electron chi connectivity index (χ3n) is 2.72. The first-order valence-corrected chi connectivity index (χ1v) is 6.09. The zero-order valence-electron chi connectivity index (χ0n) is 10.4. The molecule has 98 valence electrons. The molecule has 5 heteroatoms. The normalized spacial score (nSPS) is 10.2. The van der Waals surface area contributed by atoms with E-state index in [-0.39, 0.29) is 5.56 Å². The first-order chi connectivity index (χ1) is 9.06. The molecule has 0 saturated heterocycles. The minimum atomic E-state index is -0.955. The van der Waals surface area contributed by atoms with Crippen molar-refractivity contribution in [1.82, 2.24) is 4.98 Å². The second-order valence-electron chi connectivity index (χ2n) is 4.19. The van der Waals surface area contributed by atoms with Gasteiger partial charge in [-0.1, -0.05) is 23.7 Å². The van der Waals surface area contributed by atoms with Gasteiger partial charge in [0.1, 0.15) is 5.82 Å². The van der Waals surface area contributed by atoms with E-state index < -0.39 is 5.97 Å². The molecule has 2 rings (SSSR count). The number of aromatic nitrogens is 1. The summed E-state index contributed by atoms with van der Waals surface area (Å²) in [4.78, 5) is 17.0. The number of anilines is 1. The van der Waals surface area contributed by atoms with Gasteiger partial charge in [-0.3, -0.25) is 0 Å². The fourth-order valence-corrected chi connectivity index (χ4v) is 1.83. The van der Waals surface area contributed by atoms with Crippen LogP contribution >= 0.6 is 11.6 Å². The van der Waals surface area contributed by atoms with Gasteiger partial charge in [-0.25, -0.2) is 9.78 Å². The number of carboxylic acids is 1. The third-order valence-corrected chi connectivity index (χ3v) is 2.97. The highest BCUT2D eigenvalue weighted by molar-refractivity contribution is 6.30. The smallest absolute Gasteiger partial charge is 0.335 e. The van der Waals surface area contributed by atoms with Crippen LogP contribution in [0, 0.1) is 0 Å². The molecule has 19 heavy (non-hydrogen) atoms. The van der Waals surface area contributed by atoms with Crippen molar-refractivity contribution in [3.63, 3.8) is 0 Å². The van der Waals surface area contributed by atoms with Gasteiger partial charge in [-0.05, 0) is 29.8 Å². The van der Waals surface area contributed by atoms with Crippen LogP contribution in [0.1, 0.15) is 15.9 Å². The second kappa shape index (κ2) is 5.71. The van der Waals surface area contributed by atoms with E-state index in [0.717, 1.165) is 5.56 Å². The predicted octanol–water partition coefficient (Wildman–Crippen LogP) is 3.07. The average molecular weight is 277 g/mol. The highest BCUT2D eigenvalue weighted by atomic mass is 35.5. The largest absolute Gasteiger partial charge is 0.478 e. The molecule has 1 aromatic carbocycles. The number of hydrogen-bond donors (Lipinski definition) is 1. The number of rotatable bonds is 4. The summed E-state index contributed by atoms with van der Waals surface area (Å²) in [6.45, 7) is 0.632. The molecule has 1 N–H and O–H groups in total. The number of carbonyl (C=O) groups is 1. The van der Waals surface area contributed by atoms with Crippen molar-refractivity contribution in [3.05, 3.63) is 58.7 Å². The van der Waals surface area contributed by atoms with Gasteiger partial charge in [-0.2, -0.15) is 0 Å². The lowest BCUT2D eigenvalue weighted by Crippen LogP contribution is -2.18. The predicted molar refractivity (Wildman–Crippen MR) is 74.8 cm³/mol. The maximum atomic E-state index is 10.9. The van der Waals surface area contributed by atoms with Crippen molar-refractivity contribution in [3.8, 4) is 0 Å². The van der Waals surface area contributed by atoms with Crippen molar-refractivity contribution in [2.45, 2.75) is 6.54 Å². The Kier molecular flexibility index (Phi) is 4.02. The fraction of sp³-hybridized carbons (Fsp3) is 0.143. The van der Waals surface area contributed by atoms with Gasteiger partial charge in [0.2, 0.25) is 0 Å². The van der Waals surface area contributed by atoms with Gasteiger partial charge < -0.3 is 10.0 Å². The number of hydrogen-bond acceptors (Lipinski definition) is 3. The Bertz CT molecular complexity index is 584. The number of aromatic carboxylic acids is 1. The van der Waals surface area contributed by atoms with Gasteiger partial charge in [0.25, 0.3) is 0 Å². The van der Waals surface area contributed by atoms with E-state index in [2.05, 4.69) is 4.98 Å². The van der Waals surface area contributed by atoms with E-state index in [0.29, 0.717) is 17.4 Å². The molecule has 4 nitrogen and oxygen atoms in total. The van der Waals surface area contributed by atoms with Crippen LogP contribution in [0.25, 0.3) is 0 Å². The van der Waals surface area contributed by atoms with Crippen LogP contribution in [0.2, 0.25) is 5.02 Å². The molecule has 0 amide bonds. The molecule has 1 heterocycles. The van der Waals surface area contributed by atoms with Crippen molar-refractivity contribution in [2.75, 3.05) is 11.9 Å². The Morgan fingerprint density at radius 2 is 2.00 bits per heavy atom. The molecule has 0 unspecified atom stereocenters. The lowest BCUT2D eigenvalue weighted by Gasteiger charge is -2.18. The Hall–Kier alpha value is -2.07. The van der Waals surface area contributed by atoms with Crippen LogP contribution in [-0.4, -0.2) is 23.1 Å². The SMILES string of the molecule is CN(Cc1ccc(Cl)cc1)c1cc(C(=O)O)ccn1. The number of halogens is 1. The van der Waals surface area contributed by atoms with E-state index in [1.165, 1.54) is 12.3 Å². The summed E-state index contributed by atoms with van der Waals surface area (Å²) in [6, 6.07) is 10.5. The quantitative estimate of drug-likeness (QED) is 0.932. The van der Waals surface area contributed by atoms with Crippen LogP contribution in [0.5, 0.6) is 0 Å². The number of carboxylic acid groups (broad SMARTS) is 1. The monoisotopic (exact) mass is 276 g/mol. The molecule has 0 spiro atoms. The highest BCUT2D eigenvalue weighted by Crippen LogP contribution is 2.16. The molecule has 0 atom stereocenters. The zero-order valence-corrected chi connectivity index (χ0v) is 11.1. The number of benzene rings is 1. The zero-order chi connectivity index (χ0) is 13.8. The van der Waals surface area contributed by atoms with Gasteiger partial charge in [0.15, 0.2) is 0 Å². The lowest BCUT2D eigenvalue weighted by molar-refractivity contribution is 0.0697. The summed E-state index contributed by atoms with van der Waals surface area (Å²) >= 11 is 5.83. The molecule has 0 radical (unpaired) electrons. The summed E-state index contributed by atoms with van der Waals surface area (Å²) in [5.74, 6) is -0.335. The van der Waals surface area contributed by atoms with Crippen molar-refractivity contribution in [1.29, 1.82) is 0 Å². The Morgan fingerprint density at radius 1 is 1.32 bits per heavy atom. The molecule has 0 aliphatic heterocycles. The van der Waals surface area contributed by atoms with Crippen molar-refractivity contribution >= 4 is 23.4 Å². The first-order valence-electron chi connectivity index (χ1n) is 5.71.